The van der Waals surface area contributed by atoms with Crippen LogP contribution < -0.4 is 5.32 Å². The van der Waals surface area contributed by atoms with Gasteiger partial charge in [-0.05, 0) is 12.5 Å². The van der Waals surface area contributed by atoms with Gasteiger partial charge >= 0.3 is 0 Å². The average molecular weight is 295 g/mol. The van der Waals surface area contributed by atoms with Crippen LogP contribution in [0, 0.1) is 5.92 Å². The predicted octanol–water partition coefficient (Wildman–Crippen LogP) is 1.16. The van der Waals surface area contributed by atoms with Crippen molar-refractivity contribution in [2.45, 2.75) is 26.9 Å². The standard InChI is InChI=1S/C15H29N5O/c1-5-6-19(9-10-21-4)7-8-20-13-15(17-18-20)12-16-11-14(2)3/h5,13-14,16H,1,6-12H2,2-4H3. The van der Waals surface area contributed by atoms with Gasteiger partial charge in [-0.15, -0.1) is 11.7 Å². The van der Waals surface area contributed by atoms with Gasteiger partial charge in [0, 0.05) is 39.5 Å². The molecule has 120 valence electrons. The molecule has 1 rings (SSSR count). The van der Waals surface area contributed by atoms with Crippen LogP contribution in [0.5, 0.6) is 0 Å². The van der Waals surface area contributed by atoms with Gasteiger partial charge in [-0.25, -0.2) is 0 Å². The van der Waals surface area contributed by atoms with Gasteiger partial charge in [0.15, 0.2) is 0 Å². The van der Waals surface area contributed by atoms with Crippen LogP contribution in [0.2, 0.25) is 0 Å². The first-order valence-corrected chi connectivity index (χ1v) is 7.57. The van der Waals surface area contributed by atoms with Gasteiger partial charge < -0.3 is 10.1 Å². The van der Waals surface area contributed by atoms with Gasteiger partial charge in [0.05, 0.1) is 18.8 Å². The molecule has 1 heterocycles. The van der Waals surface area contributed by atoms with Gasteiger partial charge in [-0.2, -0.15) is 0 Å². The lowest BCUT2D eigenvalue weighted by atomic mass is 10.2. The number of rotatable bonds is 12. The Morgan fingerprint density at radius 1 is 1.48 bits per heavy atom. The smallest absolute Gasteiger partial charge is 0.0964 e. The van der Waals surface area contributed by atoms with Gasteiger partial charge in [0.2, 0.25) is 0 Å². The van der Waals surface area contributed by atoms with Crippen LogP contribution in [0.1, 0.15) is 19.5 Å². The molecule has 1 aromatic heterocycles. The first-order valence-electron chi connectivity index (χ1n) is 7.57. The second-order valence-electron chi connectivity index (χ2n) is 5.58. The number of nitrogens with zero attached hydrogens (tertiary/aromatic N) is 4. The molecule has 1 aromatic rings. The topological polar surface area (TPSA) is 55.2 Å². The highest BCUT2D eigenvalue weighted by Crippen LogP contribution is 1.96. The molecule has 0 saturated carbocycles. The van der Waals surface area contributed by atoms with E-state index in [0.717, 1.165) is 51.6 Å². The van der Waals surface area contributed by atoms with Crippen LogP contribution in [-0.2, 0) is 17.8 Å². The summed E-state index contributed by atoms with van der Waals surface area (Å²) in [7, 11) is 1.72. The summed E-state index contributed by atoms with van der Waals surface area (Å²) in [6, 6.07) is 0. The zero-order chi connectivity index (χ0) is 15.5. The van der Waals surface area contributed by atoms with Crippen molar-refractivity contribution in [3.8, 4) is 0 Å². The van der Waals surface area contributed by atoms with Crippen molar-refractivity contribution in [3.05, 3.63) is 24.5 Å². The largest absolute Gasteiger partial charge is 0.383 e. The third-order valence-corrected chi connectivity index (χ3v) is 3.09. The van der Waals surface area contributed by atoms with E-state index in [-0.39, 0.29) is 0 Å². The van der Waals surface area contributed by atoms with Crippen molar-refractivity contribution in [2.24, 2.45) is 5.92 Å². The van der Waals surface area contributed by atoms with Crippen molar-refractivity contribution in [3.63, 3.8) is 0 Å². The van der Waals surface area contributed by atoms with Crippen molar-refractivity contribution >= 4 is 0 Å². The molecule has 0 unspecified atom stereocenters. The fourth-order valence-corrected chi connectivity index (χ4v) is 1.96. The van der Waals surface area contributed by atoms with E-state index in [2.05, 4.69) is 41.0 Å². The van der Waals surface area contributed by atoms with Crippen LogP contribution in [0.3, 0.4) is 0 Å². The number of ether oxygens (including phenoxy) is 1. The molecule has 0 spiro atoms. The zero-order valence-corrected chi connectivity index (χ0v) is 13.6. The monoisotopic (exact) mass is 295 g/mol. The Balaban J connectivity index is 2.33. The molecule has 0 aliphatic rings. The highest BCUT2D eigenvalue weighted by atomic mass is 16.5. The molecule has 0 aliphatic carbocycles. The summed E-state index contributed by atoms with van der Waals surface area (Å²) in [5.41, 5.74) is 0.989. The Morgan fingerprint density at radius 3 is 2.95 bits per heavy atom. The molecule has 1 N–H and O–H groups in total. The van der Waals surface area contributed by atoms with Crippen molar-refractivity contribution in [1.29, 1.82) is 0 Å². The van der Waals surface area contributed by atoms with E-state index in [1.54, 1.807) is 7.11 Å². The number of aromatic nitrogens is 3. The minimum atomic E-state index is 0.647. The van der Waals surface area contributed by atoms with Gasteiger partial charge in [-0.1, -0.05) is 25.1 Å². The molecule has 0 aromatic carbocycles. The van der Waals surface area contributed by atoms with Crippen molar-refractivity contribution in [2.75, 3.05) is 39.9 Å². The van der Waals surface area contributed by atoms with Gasteiger partial charge in [-0.3, -0.25) is 9.58 Å². The summed E-state index contributed by atoms with van der Waals surface area (Å²) in [4.78, 5) is 2.29. The van der Waals surface area contributed by atoms with E-state index >= 15 is 0 Å². The quantitative estimate of drug-likeness (QED) is 0.586. The maximum Gasteiger partial charge on any atom is 0.0964 e. The summed E-state index contributed by atoms with van der Waals surface area (Å²) in [5, 5.41) is 11.7. The Morgan fingerprint density at radius 2 is 2.29 bits per heavy atom. The summed E-state index contributed by atoms with van der Waals surface area (Å²) >= 11 is 0. The molecule has 0 aliphatic heterocycles. The predicted molar refractivity (Wildman–Crippen MR) is 85.1 cm³/mol. The lowest BCUT2D eigenvalue weighted by Crippen LogP contribution is -2.31. The third kappa shape index (κ3) is 7.94. The fourth-order valence-electron chi connectivity index (χ4n) is 1.96. The Labute approximate surface area is 128 Å². The molecule has 0 amide bonds. The van der Waals surface area contributed by atoms with Crippen LogP contribution in [0.15, 0.2) is 18.9 Å². The summed E-state index contributed by atoms with van der Waals surface area (Å²) in [6.45, 7) is 14.2. The average Bonchev–Trinajstić information content (AvgIpc) is 2.89. The highest BCUT2D eigenvalue weighted by molar-refractivity contribution is 4.91. The van der Waals surface area contributed by atoms with Crippen LogP contribution in [0.25, 0.3) is 0 Å². The van der Waals surface area contributed by atoms with E-state index < -0.39 is 0 Å². The number of hydrogen-bond donors (Lipinski definition) is 1. The molecule has 0 atom stereocenters. The zero-order valence-electron chi connectivity index (χ0n) is 13.6. The molecule has 0 saturated heterocycles. The van der Waals surface area contributed by atoms with Crippen LogP contribution in [-0.4, -0.2) is 59.8 Å². The lowest BCUT2D eigenvalue weighted by Gasteiger charge is -2.19. The first kappa shape index (κ1) is 17.8. The summed E-state index contributed by atoms with van der Waals surface area (Å²) in [6.07, 6.45) is 3.92. The van der Waals surface area contributed by atoms with Crippen LogP contribution >= 0.6 is 0 Å². The lowest BCUT2D eigenvalue weighted by molar-refractivity contribution is 0.151. The Bertz CT molecular complexity index is 391. The second kappa shape index (κ2) is 10.5. The van der Waals surface area contributed by atoms with Gasteiger partial charge in [0.1, 0.15) is 0 Å². The minimum Gasteiger partial charge on any atom is -0.383 e. The Hall–Kier alpha value is -1.24. The maximum absolute atomic E-state index is 5.12. The first-order chi connectivity index (χ1) is 10.2. The van der Waals surface area contributed by atoms with Crippen LogP contribution in [0.4, 0.5) is 0 Å². The van der Waals surface area contributed by atoms with Crippen molar-refractivity contribution < 1.29 is 4.74 Å². The highest BCUT2D eigenvalue weighted by Gasteiger charge is 2.05. The Kier molecular flexibility index (Phi) is 8.89. The molecule has 0 radical (unpaired) electrons. The minimum absolute atomic E-state index is 0.647. The number of hydrogen-bond acceptors (Lipinski definition) is 5. The number of nitrogens with one attached hydrogen (secondary N) is 1. The molecular formula is C15H29N5O. The molecule has 6 heteroatoms. The van der Waals surface area contributed by atoms with E-state index in [0.29, 0.717) is 5.92 Å². The third-order valence-electron chi connectivity index (χ3n) is 3.09. The van der Waals surface area contributed by atoms with E-state index in [1.165, 1.54) is 0 Å². The van der Waals surface area contributed by atoms with E-state index in [4.69, 9.17) is 4.74 Å². The molecular weight excluding hydrogens is 266 g/mol. The maximum atomic E-state index is 5.12. The van der Waals surface area contributed by atoms with E-state index in [9.17, 15) is 0 Å². The normalized spacial score (nSPS) is 11.5. The summed E-state index contributed by atoms with van der Waals surface area (Å²) < 4.78 is 7.02. The molecule has 6 nitrogen and oxygen atoms in total. The number of methoxy groups -OCH3 is 1. The molecule has 0 fully saturated rings. The van der Waals surface area contributed by atoms with E-state index in [1.807, 2.05) is 17.0 Å². The van der Waals surface area contributed by atoms with Gasteiger partial charge in [0.25, 0.3) is 0 Å². The molecule has 0 bridgehead atoms. The second-order valence-corrected chi connectivity index (χ2v) is 5.58. The fraction of sp³-hybridized carbons (Fsp3) is 0.733. The SMILES string of the molecule is C=CCN(CCOC)CCn1cc(CNCC(C)C)nn1. The van der Waals surface area contributed by atoms with Crippen molar-refractivity contribution in [1.82, 2.24) is 25.2 Å². The molecule has 21 heavy (non-hydrogen) atoms. The summed E-state index contributed by atoms with van der Waals surface area (Å²) in [5.74, 6) is 0.647.